The summed E-state index contributed by atoms with van der Waals surface area (Å²) in [7, 11) is 1.87. The second-order valence-electron chi connectivity index (χ2n) is 6.77. The minimum Gasteiger partial charge on any atom is -0.464 e. The Bertz CT molecular complexity index is 491. The maximum atomic E-state index is 12.2. The SMILES string of the molecule is CC1CC1c1ccc(CN(C)C(=O)CCC2CCNC2)o1. The number of hydrogen-bond donors (Lipinski definition) is 1. The largest absolute Gasteiger partial charge is 0.464 e. The number of furan rings is 1. The molecule has 2 aliphatic rings. The van der Waals surface area contributed by atoms with Crippen molar-refractivity contribution in [1.82, 2.24) is 10.2 Å². The standard InChI is InChI=1S/C17H26N2O2/c1-12-9-15(12)16-5-4-14(21-16)11-19(2)17(20)6-3-13-7-8-18-10-13/h4-5,12-13,15,18H,3,6-11H2,1-2H3. The van der Waals surface area contributed by atoms with Crippen LogP contribution >= 0.6 is 0 Å². The fraction of sp³-hybridized carbons (Fsp3) is 0.706. The van der Waals surface area contributed by atoms with Gasteiger partial charge < -0.3 is 14.6 Å². The lowest BCUT2D eigenvalue weighted by Crippen LogP contribution is -2.26. The molecule has 0 radical (unpaired) electrons. The number of amides is 1. The van der Waals surface area contributed by atoms with E-state index >= 15 is 0 Å². The van der Waals surface area contributed by atoms with Gasteiger partial charge in [-0.25, -0.2) is 0 Å². The zero-order valence-corrected chi connectivity index (χ0v) is 13.1. The third kappa shape index (κ3) is 3.67. The third-order valence-corrected chi connectivity index (χ3v) is 4.90. The molecule has 3 rings (SSSR count). The summed E-state index contributed by atoms with van der Waals surface area (Å²) in [6.07, 6.45) is 4.09. The summed E-state index contributed by atoms with van der Waals surface area (Å²) in [4.78, 5) is 14.0. The third-order valence-electron chi connectivity index (χ3n) is 4.90. The summed E-state index contributed by atoms with van der Waals surface area (Å²) in [6, 6.07) is 4.09. The van der Waals surface area contributed by atoms with Crippen molar-refractivity contribution in [2.24, 2.45) is 11.8 Å². The van der Waals surface area contributed by atoms with E-state index in [1.54, 1.807) is 4.90 Å². The Hall–Kier alpha value is -1.29. The highest BCUT2D eigenvalue weighted by atomic mass is 16.3. The Labute approximate surface area is 126 Å². The van der Waals surface area contributed by atoms with Crippen molar-refractivity contribution in [2.45, 2.75) is 45.1 Å². The van der Waals surface area contributed by atoms with Crippen LogP contribution in [0, 0.1) is 11.8 Å². The summed E-state index contributed by atoms with van der Waals surface area (Å²) in [6.45, 7) is 5.00. The molecule has 4 heteroatoms. The highest BCUT2D eigenvalue weighted by Crippen LogP contribution is 2.47. The van der Waals surface area contributed by atoms with Crippen LogP contribution in [-0.4, -0.2) is 30.9 Å². The molecule has 3 unspecified atom stereocenters. The highest BCUT2D eigenvalue weighted by Gasteiger charge is 2.36. The van der Waals surface area contributed by atoms with Crippen LogP contribution in [0.3, 0.4) is 0 Å². The second-order valence-corrected chi connectivity index (χ2v) is 6.77. The number of rotatable bonds is 6. The van der Waals surface area contributed by atoms with Gasteiger partial charge in [0.1, 0.15) is 11.5 Å². The van der Waals surface area contributed by atoms with Gasteiger partial charge in [0.2, 0.25) is 5.91 Å². The van der Waals surface area contributed by atoms with Crippen LogP contribution < -0.4 is 5.32 Å². The van der Waals surface area contributed by atoms with Gasteiger partial charge in [0, 0.05) is 19.4 Å². The molecule has 1 amide bonds. The van der Waals surface area contributed by atoms with E-state index in [9.17, 15) is 4.79 Å². The number of nitrogens with one attached hydrogen (secondary N) is 1. The first kappa shape index (κ1) is 14.6. The maximum Gasteiger partial charge on any atom is 0.222 e. The molecule has 1 saturated heterocycles. The zero-order chi connectivity index (χ0) is 14.8. The number of hydrogen-bond acceptors (Lipinski definition) is 3. The topological polar surface area (TPSA) is 45.5 Å². The van der Waals surface area contributed by atoms with Gasteiger partial charge in [0.25, 0.3) is 0 Å². The normalized spacial score (nSPS) is 27.8. The van der Waals surface area contributed by atoms with E-state index in [0.29, 0.717) is 24.8 Å². The lowest BCUT2D eigenvalue weighted by molar-refractivity contribution is -0.130. The number of carbonyl (C=O) groups excluding carboxylic acids is 1. The van der Waals surface area contributed by atoms with Crippen LogP contribution in [0.1, 0.15) is 50.0 Å². The molecule has 2 fully saturated rings. The summed E-state index contributed by atoms with van der Waals surface area (Å²) in [5.41, 5.74) is 0. The van der Waals surface area contributed by atoms with Crippen molar-refractivity contribution >= 4 is 5.91 Å². The van der Waals surface area contributed by atoms with E-state index < -0.39 is 0 Å². The highest BCUT2D eigenvalue weighted by molar-refractivity contribution is 5.75. The molecule has 0 aromatic carbocycles. The Morgan fingerprint density at radius 3 is 2.95 bits per heavy atom. The molecule has 3 atom stereocenters. The molecular weight excluding hydrogens is 264 g/mol. The molecule has 1 N–H and O–H groups in total. The Kier molecular flexibility index (Phi) is 4.34. The molecule has 1 aromatic heterocycles. The molecular formula is C17H26N2O2. The molecule has 1 aliphatic carbocycles. The van der Waals surface area contributed by atoms with E-state index in [2.05, 4.69) is 18.3 Å². The molecule has 116 valence electrons. The van der Waals surface area contributed by atoms with E-state index in [-0.39, 0.29) is 5.91 Å². The first-order chi connectivity index (χ1) is 10.1. The number of carbonyl (C=O) groups is 1. The van der Waals surface area contributed by atoms with Crippen molar-refractivity contribution in [3.63, 3.8) is 0 Å². The van der Waals surface area contributed by atoms with E-state index in [1.807, 2.05) is 13.1 Å². The van der Waals surface area contributed by atoms with Crippen molar-refractivity contribution in [3.8, 4) is 0 Å². The Morgan fingerprint density at radius 1 is 1.48 bits per heavy atom. The summed E-state index contributed by atoms with van der Waals surface area (Å²) < 4.78 is 5.87. The smallest absolute Gasteiger partial charge is 0.222 e. The monoisotopic (exact) mass is 290 g/mol. The predicted octanol–water partition coefficient (Wildman–Crippen LogP) is 2.75. The van der Waals surface area contributed by atoms with E-state index in [4.69, 9.17) is 4.42 Å². The first-order valence-electron chi connectivity index (χ1n) is 8.16. The lowest BCUT2D eigenvalue weighted by atomic mass is 10.0. The first-order valence-corrected chi connectivity index (χ1v) is 8.16. The second kappa shape index (κ2) is 6.22. The van der Waals surface area contributed by atoms with Crippen molar-refractivity contribution in [1.29, 1.82) is 0 Å². The average molecular weight is 290 g/mol. The Balaban J connectivity index is 1.45. The minimum absolute atomic E-state index is 0.222. The van der Waals surface area contributed by atoms with Gasteiger partial charge in [0.15, 0.2) is 0 Å². The van der Waals surface area contributed by atoms with Crippen molar-refractivity contribution in [3.05, 3.63) is 23.7 Å². The van der Waals surface area contributed by atoms with Crippen LogP contribution in [0.25, 0.3) is 0 Å². The molecule has 1 aliphatic heterocycles. The van der Waals surface area contributed by atoms with Crippen LogP contribution in [0.15, 0.2) is 16.5 Å². The van der Waals surface area contributed by atoms with E-state index in [1.165, 1.54) is 12.8 Å². The van der Waals surface area contributed by atoms with Crippen LogP contribution in [0.5, 0.6) is 0 Å². The summed E-state index contributed by atoms with van der Waals surface area (Å²) in [5, 5.41) is 3.35. The van der Waals surface area contributed by atoms with Crippen molar-refractivity contribution < 1.29 is 9.21 Å². The van der Waals surface area contributed by atoms with Gasteiger partial charge in [-0.3, -0.25) is 4.79 Å². The van der Waals surface area contributed by atoms with Gasteiger partial charge in [-0.2, -0.15) is 0 Å². The summed E-state index contributed by atoms with van der Waals surface area (Å²) >= 11 is 0. The fourth-order valence-electron chi connectivity index (χ4n) is 3.20. The quantitative estimate of drug-likeness (QED) is 0.876. The van der Waals surface area contributed by atoms with Crippen LogP contribution in [-0.2, 0) is 11.3 Å². The summed E-state index contributed by atoms with van der Waals surface area (Å²) in [5.74, 6) is 4.25. The van der Waals surface area contributed by atoms with E-state index in [0.717, 1.165) is 36.9 Å². The average Bonchev–Trinajstić information content (AvgIpc) is 2.89. The molecule has 0 spiro atoms. The van der Waals surface area contributed by atoms with Crippen LogP contribution in [0.2, 0.25) is 0 Å². The van der Waals surface area contributed by atoms with Gasteiger partial charge in [0.05, 0.1) is 6.54 Å². The zero-order valence-electron chi connectivity index (χ0n) is 13.1. The number of nitrogens with zero attached hydrogens (tertiary/aromatic N) is 1. The predicted molar refractivity (Wildman–Crippen MR) is 81.9 cm³/mol. The molecule has 4 nitrogen and oxygen atoms in total. The minimum atomic E-state index is 0.222. The van der Waals surface area contributed by atoms with Gasteiger partial charge in [-0.05, 0) is 56.3 Å². The molecule has 21 heavy (non-hydrogen) atoms. The molecule has 2 heterocycles. The Morgan fingerprint density at radius 2 is 2.29 bits per heavy atom. The van der Waals surface area contributed by atoms with Gasteiger partial charge in [-0.1, -0.05) is 6.92 Å². The molecule has 1 saturated carbocycles. The lowest BCUT2D eigenvalue weighted by Gasteiger charge is -2.17. The van der Waals surface area contributed by atoms with Gasteiger partial charge >= 0.3 is 0 Å². The fourth-order valence-corrected chi connectivity index (χ4v) is 3.20. The van der Waals surface area contributed by atoms with Crippen molar-refractivity contribution in [2.75, 3.05) is 20.1 Å². The van der Waals surface area contributed by atoms with Crippen LogP contribution in [0.4, 0.5) is 0 Å². The molecule has 0 bridgehead atoms. The molecule has 1 aromatic rings. The van der Waals surface area contributed by atoms with Gasteiger partial charge in [-0.15, -0.1) is 0 Å². The maximum absolute atomic E-state index is 12.2.